The summed E-state index contributed by atoms with van der Waals surface area (Å²) >= 11 is 0. The molecule has 0 bridgehead atoms. The minimum absolute atomic E-state index is 0.0247. The molecule has 0 aromatic carbocycles. The van der Waals surface area contributed by atoms with Crippen molar-refractivity contribution in [2.45, 2.75) is 65.1 Å². The molecule has 0 spiro atoms. The maximum absolute atomic E-state index is 13.0. The Hall–Kier alpha value is -1.26. The zero-order valence-corrected chi connectivity index (χ0v) is 15.2. The third-order valence-electron chi connectivity index (χ3n) is 6.57. The first-order chi connectivity index (χ1) is 10.9. The van der Waals surface area contributed by atoms with Gasteiger partial charge in [-0.2, -0.15) is 0 Å². The summed E-state index contributed by atoms with van der Waals surface area (Å²) < 4.78 is 0. The van der Waals surface area contributed by atoms with Gasteiger partial charge in [-0.25, -0.2) is 0 Å². The maximum atomic E-state index is 13.0. The average Bonchev–Trinajstić information content (AvgIpc) is 2.91. The molecule has 0 heterocycles. The Balaban J connectivity index is 2.06. The lowest BCUT2D eigenvalue weighted by atomic mass is 9.81. The SMILES string of the molecule is CC1=C[C@]2(O)C(=O)[C@H](C)C[C@H]3[C@@H](CC[C@@](C)(O)/C=C\2C1=O)C3(C)C. The van der Waals surface area contributed by atoms with Gasteiger partial charge in [-0.1, -0.05) is 20.8 Å². The van der Waals surface area contributed by atoms with Crippen LogP contribution in [0.25, 0.3) is 0 Å². The monoisotopic (exact) mass is 332 g/mol. The molecule has 3 rings (SSSR count). The normalized spacial score (nSPS) is 47.0. The summed E-state index contributed by atoms with van der Waals surface area (Å²) in [6.07, 6.45) is 4.88. The van der Waals surface area contributed by atoms with Gasteiger partial charge < -0.3 is 10.2 Å². The zero-order chi connectivity index (χ0) is 18.1. The number of fused-ring (bicyclic) bond motifs is 2. The van der Waals surface area contributed by atoms with Crippen molar-refractivity contribution < 1.29 is 19.8 Å². The standard InChI is InChI=1S/C20H28O4/c1-11-8-14-13(18(14,3)4)6-7-19(5,23)10-15-16(21)12(2)9-20(15,24)17(11)22/h9-11,13-14,23-24H,6-8H2,1-5H3/b15-10-/t11-,13-,14+,19-,20-/m1/s1. The summed E-state index contributed by atoms with van der Waals surface area (Å²) in [6.45, 7) is 9.51. The molecule has 5 atom stereocenters. The number of allylic oxidation sites excluding steroid dienone is 1. The van der Waals surface area contributed by atoms with Crippen LogP contribution in [0, 0.1) is 23.2 Å². The van der Waals surface area contributed by atoms with E-state index in [1.54, 1.807) is 13.8 Å². The van der Waals surface area contributed by atoms with Gasteiger partial charge >= 0.3 is 0 Å². The van der Waals surface area contributed by atoms with Crippen molar-refractivity contribution in [1.29, 1.82) is 0 Å². The molecule has 4 nitrogen and oxygen atoms in total. The van der Waals surface area contributed by atoms with E-state index in [2.05, 4.69) is 13.8 Å². The topological polar surface area (TPSA) is 74.6 Å². The summed E-state index contributed by atoms with van der Waals surface area (Å²) in [5, 5.41) is 21.8. The highest BCUT2D eigenvalue weighted by molar-refractivity contribution is 6.19. The summed E-state index contributed by atoms with van der Waals surface area (Å²) in [4.78, 5) is 25.4. The molecule has 0 amide bonds. The Labute approximate surface area is 143 Å². The molecule has 1 saturated carbocycles. The van der Waals surface area contributed by atoms with E-state index in [0.717, 1.165) is 12.8 Å². The van der Waals surface area contributed by atoms with Gasteiger partial charge in [-0.3, -0.25) is 9.59 Å². The molecule has 4 heteroatoms. The summed E-state index contributed by atoms with van der Waals surface area (Å²) in [6, 6.07) is 0. The van der Waals surface area contributed by atoms with Crippen molar-refractivity contribution in [2.24, 2.45) is 23.2 Å². The van der Waals surface area contributed by atoms with Gasteiger partial charge in [0.25, 0.3) is 0 Å². The van der Waals surface area contributed by atoms with Crippen molar-refractivity contribution in [3.8, 4) is 0 Å². The van der Waals surface area contributed by atoms with Gasteiger partial charge in [0.05, 0.1) is 5.60 Å². The van der Waals surface area contributed by atoms with Gasteiger partial charge in [0.2, 0.25) is 0 Å². The van der Waals surface area contributed by atoms with E-state index < -0.39 is 11.2 Å². The minimum atomic E-state index is -1.90. The van der Waals surface area contributed by atoms with E-state index in [0.29, 0.717) is 23.8 Å². The smallest absolute Gasteiger partial charge is 0.188 e. The van der Waals surface area contributed by atoms with E-state index in [1.807, 2.05) is 6.92 Å². The van der Waals surface area contributed by atoms with E-state index in [4.69, 9.17) is 0 Å². The fourth-order valence-corrected chi connectivity index (χ4v) is 4.81. The molecule has 3 aliphatic rings. The van der Waals surface area contributed by atoms with Crippen LogP contribution in [0.4, 0.5) is 0 Å². The lowest BCUT2D eigenvalue weighted by Crippen LogP contribution is -2.42. The summed E-state index contributed by atoms with van der Waals surface area (Å²) in [7, 11) is 0. The molecule has 0 aliphatic heterocycles. The molecular weight excluding hydrogens is 304 g/mol. The molecule has 0 aromatic rings. The molecule has 132 valence electrons. The first-order valence-corrected chi connectivity index (χ1v) is 8.87. The van der Waals surface area contributed by atoms with Crippen molar-refractivity contribution >= 4 is 11.6 Å². The Morgan fingerprint density at radius 1 is 1.08 bits per heavy atom. The van der Waals surface area contributed by atoms with Crippen LogP contribution < -0.4 is 0 Å². The van der Waals surface area contributed by atoms with Crippen LogP contribution in [-0.4, -0.2) is 33.0 Å². The highest BCUT2D eigenvalue weighted by Crippen LogP contribution is 2.63. The quantitative estimate of drug-likeness (QED) is 0.715. The predicted molar refractivity (Wildman–Crippen MR) is 91.2 cm³/mol. The van der Waals surface area contributed by atoms with Gasteiger partial charge in [-0.05, 0) is 68.1 Å². The Bertz CT molecular complexity index is 667. The number of rotatable bonds is 0. The molecule has 0 unspecified atom stereocenters. The number of hydrogen-bond donors (Lipinski definition) is 2. The Morgan fingerprint density at radius 3 is 2.33 bits per heavy atom. The predicted octanol–water partition coefficient (Wildman–Crippen LogP) is 2.59. The Kier molecular flexibility index (Phi) is 3.75. The lowest BCUT2D eigenvalue weighted by molar-refractivity contribution is -0.135. The first kappa shape index (κ1) is 17.6. The number of aliphatic hydroxyl groups is 2. The van der Waals surface area contributed by atoms with Gasteiger partial charge in [-0.15, -0.1) is 0 Å². The van der Waals surface area contributed by atoms with Crippen molar-refractivity contribution in [3.63, 3.8) is 0 Å². The largest absolute Gasteiger partial charge is 0.386 e. The second-order valence-corrected chi connectivity index (χ2v) is 8.91. The van der Waals surface area contributed by atoms with Crippen LogP contribution >= 0.6 is 0 Å². The van der Waals surface area contributed by atoms with Crippen LogP contribution in [0.3, 0.4) is 0 Å². The Morgan fingerprint density at radius 2 is 1.71 bits per heavy atom. The first-order valence-electron chi connectivity index (χ1n) is 8.87. The second kappa shape index (κ2) is 5.12. The molecule has 0 radical (unpaired) electrons. The van der Waals surface area contributed by atoms with Crippen LogP contribution in [0.2, 0.25) is 0 Å². The molecule has 1 fully saturated rings. The van der Waals surface area contributed by atoms with Gasteiger partial charge in [0.15, 0.2) is 17.2 Å². The molecular formula is C20H28O4. The van der Waals surface area contributed by atoms with Crippen molar-refractivity contribution in [2.75, 3.05) is 0 Å². The van der Waals surface area contributed by atoms with Crippen LogP contribution in [0.1, 0.15) is 53.9 Å². The number of carbonyl (C=O) groups excluding carboxylic acids is 2. The minimum Gasteiger partial charge on any atom is -0.386 e. The maximum Gasteiger partial charge on any atom is 0.188 e. The van der Waals surface area contributed by atoms with E-state index in [1.165, 1.54) is 12.2 Å². The van der Waals surface area contributed by atoms with Crippen molar-refractivity contribution in [1.82, 2.24) is 0 Å². The number of ketones is 2. The number of hydrogen-bond acceptors (Lipinski definition) is 4. The molecule has 24 heavy (non-hydrogen) atoms. The van der Waals surface area contributed by atoms with E-state index in [-0.39, 0.29) is 28.5 Å². The molecule has 3 aliphatic carbocycles. The number of carbonyl (C=O) groups is 2. The van der Waals surface area contributed by atoms with E-state index >= 15 is 0 Å². The molecule has 0 aromatic heterocycles. The fourth-order valence-electron chi connectivity index (χ4n) is 4.81. The van der Waals surface area contributed by atoms with Gasteiger partial charge in [0, 0.05) is 11.5 Å². The van der Waals surface area contributed by atoms with E-state index in [9.17, 15) is 19.8 Å². The molecule has 2 N–H and O–H groups in total. The zero-order valence-electron chi connectivity index (χ0n) is 15.2. The number of Topliss-reactive ketones (excluding diaryl/α,β-unsaturated/α-hetero) is 2. The fraction of sp³-hybridized carbons (Fsp3) is 0.700. The third-order valence-corrected chi connectivity index (χ3v) is 6.57. The molecule has 0 saturated heterocycles. The van der Waals surface area contributed by atoms with Crippen LogP contribution in [-0.2, 0) is 9.59 Å². The lowest BCUT2D eigenvalue weighted by Gasteiger charge is -2.27. The van der Waals surface area contributed by atoms with Crippen LogP contribution in [0.15, 0.2) is 23.3 Å². The highest BCUT2D eigenvalue weighted by Gasteiger charge is 2.59. The summed E-state index contributed by atoms with van der Waals surface area (Å²) in [5.41, 5.74) is -2.56. The third kappa shape index (κ3) is 2.51. The van der Waals surface area contributed by atoms with Crippen LogP contribution in [0.5, 0.6) is 0 Å². The van der Waals surface area contributed by atoms with Gasteiger partial charge in [0.1, 0.15) is 0 Å². The highest BCUT2D eigenvalue weighted by atomic mass is 16.3. The van der Waals surface area contributed by atoms with Crippen molar-refractivity contribution in [3.05, 3.63) is 23.3 Å². The second-order valence-electron chi connectivity index (χ2n) is 8.91. The summed E-state index contributed by atoms with van der Waals surface area (Å²) in [5.74, 6) is -0.121. The average molecular weight is 332 g/mol.